The van der Waals surface area contributed by atoms with Gasteiger partial charge >= 0.3 is 0 Å². The maximum absolute atomic E-state index is 11.3. The van der Waals surface area contributed by atoms with Gasteiger partial charge in [-0.25, -0.2) is 0 Å². The van der Waals surface area contributed by atoms with Crippen molar-refractivity contribution in [3.8, 4) is 0 Å². The van der Waals surface area contributed by atoms with Gasteiger partial charge in [-0.2, -0.15) is 0 Å². The fourth-order valence-electron chi connectivity index (χ4n) is 1.51. The van der Waals surface area contributed by atoms with Gasteiger partial charge in [0, 0.05) is 24.4 Å². The summed E-state index contributed by atoms with van der Waals surface area (Å²) in [5, 5.41) is 3.17. The molecule has 18 heavy (non-hydrogen) atoms. The van der Waals surface area contributed by atoms with Gasteiger partial charge in [0.25, 0.3) is 0 Å². The summed E-state index contributed by atoms with van der Waals surface area (Å²) in [7, 11) is 0. The summed E-state index contributed by atoms with van der Waals surface area (Å²) in [5.74, 6) is 0.426. The number of aromatic nitrogens is 1. The summed E-state index contributed by atoms with van der Waals surface area (Å²) in [6.07, 6.45) is 3.57. The van der Waals surface area contributed by atoms with Crippen LogP contribution in [0.2, 0.25) is 0 Å². The second kappa shape index (κ2) is 8.81. The van der Waals surface area contributed by atoms with Gasteiger partial charge in [0.1, 0.15) is 0 Å². The number of nitrogens with one attached hydrogen (secondary N) is 1. The summed E-state index contributed by atoms with van der Waals surface area (Å²) in [6.45, 7) is 11.9. The molecule has 1 rings (SSSR count). The molecule has 1 aromatic heterocycles. The van der Waals surface area contributed by atoms with Crippen molar-refractivity contribution in [2.45, 2.75) is 53.6 Å². The number of Topliss-reactive ketones (excluding diaryl/α,β-unsaturated/α-hetero) is 1. The monoisotopic (exact) mass is 250 g/mol. The Bertz CT molecular complexity index is 334. The highest BCUT2D eigenvalue weighted by Gasteiger charge is 2.15. The lowest BCUT2D eigenvalue weighted by atomic mass is 10.0. The number of hydrogen-bond acceptors (Lipinski definition) is 3. The Hall–Kier alpha value is -1.22. The van der Waals surface area contributed by atoms with Crippen molar-refractivity contribution >= 4 is 5.78 Å². The van der Waals surface area contributed by atoms with Crippen molar-refractivity contribution in [2.75, 3.05) is 0 Å². The fourth-order valence-corrected chi connectivity index (χ4v) is 1.51. The Morgan fingerprint density at radius 3 is 1.89 bits per heavy atom. The van der Waals surface area contributed by atoms with Gasteiger partial charge in [-0.3, -0.25) is 9.78 Å². The van der Waals surface area contributed by atoms with E-state index in [9.17, 15) is 4.79 Å². The van der Waals surface area contributed by atoms with E-state index in [1.807, 2.05) is 53.7 Å². The van der Waals surface area contributed by atoms with Crippen LogP contribution in [-0.4, -0.2) is 22.9 Å². The summed E-state index contributed by atoms with van der Waals surface area (Å²) >= 11 is 0. The third kappa shape index (κ3) is 7.96. The molecule has 0 saturated carbocycles. The van der Waals surface area contributed by atoms with Crippen LogP contribution >= 0.6 is 0 Å². The molecule has 102 valence electrons. The van der Waals surface area contributed by atoms with Crippen molar-refractivity contribution in [3.63, 3.8) is 0 Å². The van der Waals surface area contributed by atoms with E-state index in [-0.39, 0.29) is 12.0 Å². The number of rotatable bonds is 4. The van der Waals surface area contributed by atoms with E-state index in [0.29, 0.717) is 11.8 Å². The van der Waals surface area contributed by atoms with Crippen LogP contribution in [-0.2, 0) is 4.79 Å². The highest BCUT2D eigenvalue weighted by Crippen LogP contribution is 1.99. The van der Waals surface area contributed by atoms with Crippen LogP contribution in [0.25, 0.3) is 0 Å². The molecule has 0 aliphatic carbocycles. The van der Waals surface area contributed by atoms with Crippen LogP contribution in [0.5, 0.6) is 0 Å². The number of aryl methyl sites for hydroxylation is 1. The standard InChI is InChI=1S/C9H19NO.C6H7N/c1-6(2)9(11)8(5)10-7(3)4;1-6-2-4-7-5-3-6/h6-8,10H,1-5H3;2-5H,1H3. The van der Waals surface area contributed by atoms with Crippen molar-refractivity contribution in [2.24, 2.45) is 5.92 Å². The third-order valence-electron chi connectivity index (χ3n) is 2.43. The smallest absolute Gasteiger partial charge is 0.151 e. The Labute approximate surface area is 111 Å². The molecule has 0 radical (unpaired) electrons. The maximum Gasteiger partial charge on any atom is 0.151 e. The molecule has 0 spiro atoms. The normalized spacial score (nSPS) is 12.0. The molecule has 0 aliphatic heterocycles. The molecule has 1 heterocycles. The number of pyridine rings is 1. The zero-order valence-corrected chi connectivity index (χ0v) is 12.4. The topological polar surface area (TPSA) is 42.0 Å². The number of carbonyl (C=O) groups is 1. The number of carbonyl (C=O) groups excluding carboxylic acids is 1. The Kier molecular flexibility index (Phi) is 8.21. The van der Waals surface area contributed by atoms with Gasteiger partial charge in [0.15, 0.2) is 5.78 Å². The molecule has 1 atom stereocenters. The van der Waals surface area contributed by atoms with Gasteiger partial charge in [0.2, 0.25) is 0 Å². The molecule has 0 aliphatic rings. The number of nitrogens with zero attached hydrogens (tertiary/aromatic N) is 1. The summed E-state index contributed by atoms with van der Waals surface area (Å²) in [4.78, 5) is 15.2. The zero-order chi connectivity index (χ0) is 14.1. The minimum absolute atomic E-state index is 0.00463. The first-order valence-corrected chi connectivity index (χ1v) is 6.51. The fraction of sp³-hybridized carbons (Fsp3) is 0.600. The van der Waals surface area contributed by atoms with Gasteiger partial charge in [0.05, 0.1) is 6.04 Å². The van der Waals surface area contributed by atoms with Crippen LogP contribution < -0.4 is 5.32 Å². The summed E-state index contributed by atoms with van der Waals surface area (Å²) in [5.41, 5.74) is 1.26. The van der Waals surface area contributed by atoms with Crippen molar-refractivity contribution in [1.29, 1.82) is 0 Å². The number of hydrogen-bond donors (Lipinski definition) is 1. The Morgan fingerprint density at radius 1 is 1.11 bits per heavy atom. The van der Waals surface area contributed by atoms with Crippen LogP contribution in [0.15, 0.2) is 24.5 Å². The predicted octanol–water partition coefficient (Wildman–Crippen LogP) is 2.99. The maximum atomic E-state index is 11.3. The molecule has 0 saturated heterocycles. The second-order valence-corrected chi connectivity index (χ2v) is 5.12. The second-order valence-electron chi connectivity index (χ2n) is 5.12. The number of ketones is 1. The van der Waals surface area contributed by atoms with E-state index in [0.717, 1.165) is 0 Å². The molecule has 0 aromatic carbocycles. The van der Waals surface area contributed by atoms with E-state index >= 15 is 0 Å². The van der Waals surface area contributed by atoms with Crippen LogP contribution in [0.1, 0.15) is 40.2 Å². The minimum Gasteiger partial charge on any atom is -0.305 e. The van der Waals surface area contributed by atoms with Gasteiger partial charge in [-0.1, -0.05) is 27.7 Å². The van der Waals surface area contributed by atoms with Crippen molar-refractivity contribution in [1.82, 2.24) is 10.3 Å². The van der Waals surface area contributed by atoms with Crippen molar-refractivity contribution in [3.05, 3.63) is 30.1 Å². The average molecular weight is 250 g/mol. The molecular formula is C15H26N2O. The van der Waals surface area contributed by atoms with Crippen molar-refractivity contribution < 1.29 is 4.79 Å². The molecular weight excluding hydrogens is 224 g/mol. The minimum atomic E-state index is -0.00463. The lowest BCUT2D eigenvalue weighted by Gasteiger charge is -2.17. The first-order chi connectivity index (χ1) is 8.34. The SMILES string of the molecule is CC(C)NC(C)C(=O)C(C)C.Cc1ccncc1. The van der Waals surface area contributed by atoms with E-state index in [2.05, 4.69) is 10.3 Å². The molecule has 0 fully saturated rings. The van der Waals surface area contributed by atoms with Gasteiger partial charge in [-0.05, 0) is 31.5 Å². The molecule has 3 heteroatoms. The van der Waals surface area contributed by atoms with E-state index in [1.54, 1.807) is 12.4 Å². The zero-order valence-electron chi connectivity index (χ0n) is 12.4. The van der Waals surface area contributed by atoms with Gasteiger partial charge < -0.3 is 5.32 Å². The molecule has 0 amide bonds. The Balaban J connectivity index is 0.000000351. The van der Waals surface area contributed by atoms with Gasteiger partial charge in [-0.15, -0.1) is 0 Å². The summed E-state index contributed by atoms with van der Waals surface area (Å²) in [6, 6.07) is 4.32. The molecule has 1 unspecified atom stereocenters. The van der Waals surface area contributed by atoms with Crippen LogP contribution in [0.4, 0.5) is 0 Å². The average Bonchev–Trinajstić information content (AvgIpc) is 2.28. The predicted molar refractivity (Wildman–Crippen MR) is 76.6 cm³/mol. The molecule has 3 nitrogen and oxygen atoms in total. The molecule has 1 aromatic rings. The molecule has 1 N–H and O–H groups in total. The highest BCUT2D eigenvalue weighted by molar-refractivity contribution is 5.85. The van der Waals surface area contributed by atoms with E-state index in [4.69, 9.17) is 0 Å². The lowest BCUT2D eigenvalue weighted by molar-refractivity contribution is -0.123. The lowest BCUT2D eigenvalue weighted by Crippen LogP contribution is -2.40. The highest BCUT2D eigenvalue weighted by atomic mass is 16.1. The van der Waals surface area contributed by atoms with E-state index < -0.39 is 0 Å². The molecule has 0 bridgehead atoms. The Morgan fingerprint density at radius 2 is 1.61 bits per heavy atom. The first kappa shape index (κ1) is 16.8. The third-order valence-corrected chi connectivity index (χ3v) is 2.43. The quantitative estimate of drug-likeness (QED) is 0.893. The largest absolute Gasteiger partial charge is 0.305 e. The first-order valence-electron chi connectivity index (χ1n) is 6.51. The summed E-state index contributed by atoms with van der Waals surface area (Å²) < 4.78 is 0. The van der Waals surface area contributed by atoms with Crippen LogP contribution in [0, 0.1) is 12.8 Å². The van der Waals surface area contributed by atoms with E-state index in [1.165, 1.54) is 5.56 Å². The van der Waals surface area contributed by atoms with Crippen LogP contribution in [0.3, 0.4) is 0 Å².